The lowest BCUT2D eigenvalue weighted by Gasteiger charge is -2.38. The summed E-state index contributed by atoms with van der Waals surface area (Å²) in [6.07, 6.45) is 3.61. The molecule has 3 aliphatic rings. The molecular weight excluding hydrogens is 438 g/mol. The summed E-state index contributed by atoms with van der Waals surface area (Å²) in [6, 6.07) is -0.628. The summed E-state index contributed by atoms with van der Waals surface area (Å²) in [5.74, 6) is -1.25. The van der Waals surface area contributed by atoms with Crippen molar-refractivity contribution in [2.45, 2.75) is 102 Å². The second kappa shape index (κ2) is 9.06. The Kier molecular flexibility index (Phi) is 7.23. The lowest BCUT2D eigenvalue weighted by atomic mass is 9.66. The standard InChI is InChI=1S/C25H43N3O4S/c1-8-12-26-19(30)16-17-21(32)28(13-9-14-29)18(25(17)11-10-24(16,7)33-25)20(31)27-23(5,6)15-22(2,3)4/h16-18,29H,8-15H2,1-7H3,(H,26,30)(H,27,31)/t16-,17-,18?,24+,25?/m0/s1. The van der Waals surface area contributed by atoms with Crippen LogP contribution in [0.1, 0.15) is 80.6 Å². The molecule has 3 amide bonds. The van der Waals surface area contributed by atoms with Gasteiger partial charge in [-0.3, -0.25) is 14.4 Å². The van der Waals surface area contributed by atoms with E-state index in [9.17, 15) is 19.5 Å². The average Bonchev–Trinajstić information content (AvgIpc) is 3.23. The first kappa shape index (κ1) is 26.3. The van der Waals surface area contributed by atoms with Gasteiger partial charge in [0.05, 0.1) is 16.6 Å². The van der Waals surface area contributed by atoms with Crippen LogP contribution in [0.5, 0.6) is 0 Å². The molecule has 2 bridgehead atoms. The van der Waals surface area contributed by atoms with Crippen LogP contribution in [-0.4, -0.2) is 68.5 Å². The van der Waals surface area contributed by atoms with Crippen LogP contribution < -0.4 is 10.6 Å². The van der Waals surface area contributed by atoms with Crippen LogP contribution in [0.2, 0.25) is 0 Å². The molecule has 3 fully saturated rings. The fourth-order valence-electron chi connectivity index (χ4n) is 6.74. The summed E-state index contributed by atoms with van der Waals surface area (Å²) in [5.41, 5.74) is -0.394. The molecule has 33 heavy (non-hydrogen) atoms. The molecule has 3 N–H and O–H groups in total. The maximum Gasteiger partial charge on any atom is 0.244 e. The van der Waals surface area contributed by atoms with Gasteiger partial charge < -0.3 is 20.6 Å². The number of aliphatic hydroxyl groups is 1. The third-order valence-electron chi connectivity index (χ3n) is 7.35. The van der Waals surface area contributed by atoms with Crippen LogP contribution >= 0.6 is 11.8 Å². The molecule has 188 valence electrons. The molecule has 7 nitrogen and oxygen atoms in total. The molecule has 0 aromatic carbocycles. The molecule has 0 aromatic rings. The van der Waals surface area contributed by atoms with Crippen molar-refractivity contribution in [2.24, 2.45) is 17.3 Å². The number of thioether (sulfide) groups is 1. The van der Waals surface area contributed by atoms with E-state index >= 15 is 0 Å². The van der Waals surface area contributed by atoms with E-state index in [1.807, 2.05) is 20.8 Å². The van der Waals surface area contributed by atoms with Gasteiger partial charge in [-0.05, 0) is 58.3 Å². The number of aliphatic hydroxyl groups excluding tert-OH is 1. The van der Waals surface area contributed by atoms with E-state index in [1.165, 1.54) is 0 Å². The monoisotopic (exact) mass is 481 g/mol. The molecule has 2 unspecified atom stereocenters. The average molecular weight is 482 g/mol. The molecule has 1 spiro atoms. The number of carbonyl (C=O) groups is 3. The smallest absolute Gasteiger partial charge is 0.244 e. The van der Waals surface area contributed by atoms with E-state index in [2.05, 4.69) is 38.3 Å². The molecule has 0 radical (unpaired) electrons. The van der Waals surface area contributed by atoms with Crippen LogP contribution in [0.4, 0.5) is 0 Å². The predicted molar refractivity (Wildman–Crippen MR) is 132 cm³/mol. The van der Waals surface area contributed by atoms with Crippen molar-refractivity contribution < 1.29 is 19.5 Å². The Morgan fingerprint density at radius 1 is 1.18 bits per heavy atom. The molecule has 8 heteroatoms. The molecule has 3 aliphatic heterocycles. The van der Waals surface area contributed by atoms with E-state index < -0.39 is 28.2 Å². The van der Waals surface area contributed by atoms with Crippen molar-refractivity contribution in [3.8, 4) is 0 Å². The SMILES string of the molecule is CCCNC(=O)[C@@H]1[C@H]2C(=O)N(CCCO)C(C(=O)NC(C)(C)CC(C)(C)C)C23CC[C@@]1(C)S3. The van der Waals surface area contributed by atoms with Gasteiger partial charge in [-0.2, -0.15) is 0 Å². The fraction of sp³-hybridized carbons (Fsp3) is 0.880. The highest BCUT2D eigenvalue weighted by molar-refractivity contribution is 8.02. The van der Waals surface area contributed by atoms with E-state index in [0.717, 1.165) is 25.7 Å². The molecule has 5 atom stereocenters. The summed E-state index contributed by atoms with van der Waals surface area (Å²) < 4.78 is -0.946. The first-order valence-electron chi connectivity index (χ1n) is 12.4. The van der Waals surface area contributed by atoms with Crippen LogP contribution in [0.15, 0.2) is 0 Å². The van der Waals surface area contributed by atoms with Gasteiger partial charge in [0.2, 0.25) is 17.7 Å². The van der Waals surface area contributed by atoms with Crippen molar-refractivity contribution >= 4 is 29.5 Å². The largest absolute Gasteiger partial charge is 0.396 e. The topological polar surface area (TPSA) is 98.7 Å². The zero-order chi connectivity index (χ0) is 24.8. The van der Waals surface area contributed by atoms with Crippen LogP contribution in [0.25, 0.3) is 0 Å². The lowest BCUT2D eigenvalue weighted by molar-refractivity contribution is -0.141. The minimum Gasteiger partial charge on any atom is -0.396 e. The lowest BCUT2D eigenvalue weighted by Crippen LogP contribution is -2.58. The third-order valence-corrected chi connectivity index (χ3v) is 9.33. The fourth-order valence-corrected chi connectivity index (χ4v) is 9.10. The Bertz CT molecular complexity index is 795. The summed E-state index contributed by atoms with van der Waals surface area (Å²) in [5, 5.41) is 15.7. The number of hydrogen-bond acceptors (Lipinski definition) is 5. The van der Waals surface area contributed by atoms with Crippen molar-refractivity contribution in [3.63, 3.8) is 0 Å². The molecule has 0 aliphatic carbocycles. The van der Waals surface area contributed by atoms with Gasteiger partial charge in [0.15, 0.2) is 0 Å². The van der Waals surface area contributed by atoms with E-state index in [0.29, 0.717) is 19.5 Å². The quantitative estimate of drug-likeness (QED) is 0.470. The molecule has 3 saturated heterocycles. The van der Waals surface area contributed by atoms with Gasteiger partial charge in [0.1, 0.15) is 6.04 Å². The molecule has 0 saturated carbocycles. The maximum absolute atomic E-state index is 13.9. The third kappa shape index (κ3) is 4.79. The highest BCUT2D eigenvalue weighted by Gasteiger charge is 2.77. The number of nitrogens with one attached hydrogen (secondary N) is 2. The minimum atomic E-state index is -0.628. The second-order valence-electron chi connectivity index (χ2n) is 12.2. The van der Waals surface area contributed by atoms with Crippen LogP contribution in [0, 0.1) is 17.3 Å². The number of carbonyl (C=O) groups excluding carboxylic acids is 3. The van der Waals surface area contributed by atoms with Crippen LogP contribution in [0.3, 0.4) is 0 Å². The van der Waals surface area contributed by atoms with E-state index in [1.54, 1.807) is 16.7 Å². The second-order valence-corrected chi connectivity index (χ2v) is 14.1. The number of rotatable bonds is 9. The highest BCUT2D eigenvalue weighted by Crippen LogP contribution is 2.71. The molecule has 3 heterocycles. The first-order valence-corrected chi connectivity index (χ1v) is 13.2. The Morgan fingerprint density at radius 3 is 2.42 bits per heavy atom. The van der Waals surface area contributed by atoms with E-state index in [4.69, 9.17) is 0 Å². The zero-order valence-corrected chi connectivity index (χ0v) is 22.2. The highest BCUT2D eigenvalue weighted by atomic mass is 32.2. The van der Waals surface area contributed by atoms with Crippen molar-refractivity contribution in [3.05, 3.63) is 0 Å². The van der Waals surface area contributed by atoms with Gasteiger partial charge >= 0.3 is 0 Å². The summed E-state index contributed by atoms with van der Waals surface area (Å²) >= 11 is 1.69. The molecule has 3 rings (SSSR count). The predicted octanol–water partition coefficient (Wildman–Crippen LogP) is 2.71. The number of hydrogen-bond donors (Lipinski definition) is 3. The van der Waals surface area contributed by atoms with Crippen molar-refractivity contribution in [1.82, 2.24) is 15.5 Å². The Morgan fingerprint density at radius 2 is 1.85 bits per heavy atom. The summed E-state index contributed by atoms with van der Waals surface area (Å²) in [6.45, 7) is 15.5. The van der Waals surface area contributed by atoms with Gasteiger partial charge in [0.25, 0.3) is 0 Å². The summed E-state index contributed by atoms with van der Waals surface area (Å²) in [4.78, 5) is 42.6. The maximum atomic E-state index is 13.9. The molecule has 0 aromatic heterocycles. The number of amides is 3. The van der Waals surface area contributed by atoms with Crippen molar-refractivity contribution in [1.29, 1.82) is 0 Å². The number of nitrogens with zero attached hydrogens (tertiary/aromatic N) is 1. The minimum absolute atomic E-state index is 0.0379. The molecular formula is C25H43N3O4S. The zero-order valence-electron chi connectivity index (χ0n) is 21.4. The van der Waals surface area contributed by atoms with E-state index in [-0.39, 0.29) is 34.5 Å². The number of fused-ring (bicyclic) bond motifs is 1. The Balaban J connectivity index is 1.96. The normalized spacial score (nSPS) is 33.4. The van der Waals surface area contributed by atoms with Crippen LogP contribution in [-0.2, 0) is 14.4 Å². The van der Waals surface area contributed by atoms with Gasteiger partial charge in [-0.1, -0.05) is 27.7 Å². The Labute approximate surface area is 203 Å². The Hall–Kier alpha value is -1.28. The first-order chi connectivity index (χ1) is 15.2. The van der Waals surface area contributed by atoms with Gasteiger partial charge in [-0.25, -0.2) is 0 Å². The van der Waals surface area contributed by atoms with Gasteiger partial charge in [0, 0.05) is 30.0 Å². The summed E-state index contributed by atoms with van der Waals surface area (Å²) in [7, 11) is 0. The number of likely N-dealkylation sites (tertiary alicyclic amines) is 1. The van der Waals surface area contributed by atoms with Crippen molar-refractivity contribution in [2.75, 3.05) is 19.7 Å². The van der Waals surface area contributed by atoms with Gasteiger partial charge in [-0.15, -0.1) is 11.8 Å².